The molecule has 4 aromatic rings. The third-order valence-electron chi connectivity index (χ3n) is 6.18. The van der Waals surface area contributed by atoms with Crippen molar-refractivity contribution in [2.45, 2.75) is 26.2 Å². The van der Waals surface area contributed by atoms with E-state index in [0.717, 1.165) is 51.0 Å². The molecular formula is C29H24BrN3O3. The van der Waals surface area contributed by atoms with Crippen LogP contribution >= 0.6 is 15.9 Å². The molecule has 1 heterocycles. The number of rotatable bonds is 5. The van der Waals surface area contributed by atoms with E-state index in [2.05, 4.69) is 31.8 Å². The van der Waals surface area contributed by atoms with Crippen molar-refractivity contribution in [2.24, 2.45) is 5.10 Å². The van der Waals surface area contributed by atoms with Crippen LogP contribution < -0.4 is 10.7 Å². The Labute approximate surface area is 217 Å². The van der Waals surface area contributed by atoms with Gasteiger partial charge in [0.1, 0.15) is 5.76 Å². The first-order valence-electron chi connectivity index (χ1n) is 11.7. The third-order valence-corrected chi connectivity index (χ3v) is 6.71. The van der Waals surface area contributed by atoms with Gasteiger partial charge >= 0.3 is 0 Å². The highest BCUT2D eigenvalue weighted by atomic mass is 79.9. The molecule has 0 aliphatic heterocycles. The summed E-state index contributed by atoms with van der Waals surface area (Å²) in [7, 11) is 0. The fraction of sp³-hybridized carbons (Fsp3) is 0.138. The molecule has 0 radical (unpaired) electrons. The Kier molecular flexibility index (Phi) is 6.82. The van der Waals surface area contributed by atoms with Gasteiger partial charge in [-0.15, -0.1) is 0 Å². The van der Waals surface area contributed by atoms with Crippen LogP contribution in [-0.2, 0) is 6.42 Å². The van der Waals surface area contributed by atoms with Crippen LogP contribution in [0.4, 0.5) is 5.69 Å². The molecule has 0 atom stereocenters. The molecule has 0 saturated carbocycles. The van der Waals surface area contributed by atoms with Gasteiger partial charge in [-0.3, -0.25) is 9.59 Å². The number of furan rings is 1. The van der Waals surface area contributed by atoms with Crippen LogP contribution in [0.2, 0.25) is 0 Å². The van der Waals surface area contributed by atoms with E-state index in [-0.39, 0.29) is 17.6 Å². The highest BCUT2D eigenvalue weighted by Crippen LogP contribution is 2.30. The number of nitrogens with one attached hydrogen (secondary N) is 2. The number of hydrazone groups is 1. The molecule has 6 nitrogen and oxygen atoms in total. The second kappa shape index (κ2) is 10.3. The normalized spacial score (nSPS) is 13.8. The first-order chi connectivity index (χ1) is 17.5. The lowest BCUT2D eigenvalue weighted by molar-refractivity contribution is 0.0953. The van der Waals surface area contributed by atoms with Gasteiger partial charge in [0.15, 0.2) is 5.76 Å². The first-order valence-corrected chi connectivity index (χ1v) is 12.5. The second-order valence-corrected chi connectivity index (χ2v) is 9.53. The van der Waals surface area contributed by atoms with E-state index in [1.54, 1.807) is 12.1 Å². The van der Waals surface area contributed by atoms with E-state index in [4.69, 9.17) is 4.42 Å². The predicted molar refractivity (Wildman–Crippen MR) is 144 cm³/mol. The van der Waals surface area contributed by atoms with Crippen LogP contribution in [0.5, 0.6) is 0 Å². The molecule has 7 heteroatoms. The van der Waals surface area contributed by atoms with Gasteiger partial charge in [-0.1, -0.05) is 58.4 Å². The molecular weight excluding hydrogens is 518 g/mol. The lowest BCUT2D eigenvalue weighted by Crippen LogP contribution is -2.22. The van der Waals surface area contributed by atoms with Crippen molar-refractivity contribution in [2.75, 3.05) is 5.32 Å². The van der Waals surface area contributed by atoms with Crippen LogP contribution in [-0.4, -0.2) is 17.5 Å². The van der Waals surface area contributed by atoms with Crippen molar-refractivity contribution in [3.05, 3.63) is 112 Å². The molecule has 36 heavy (non-hydrogen) atoms. The maximum absolute atomic E-state index is 12.9. The van der Waals surface area contributed by atoms with Gasteiger partial charge in [-0.05, 0) is 67.3 Å². The lowest BCUT2D eigenvalue weighted by Gasteiger charge is -2.13. The number of hydrogen-bond donors (Lipinski definition) is 2. The maximum atomic E-state index is 12.9. The molecule has 1 aliphatic carbocycles. The van der Waals surface area contributed by atoms with E-state index in [9.17, 15) is 9.59 Å². The average molecular weight is 542 g/mol. The topological polar surface area (TPSA) is 83.7 Å². The Morgan fingerprint density at radius 1 is 0.861 bits per heavy atom. The average Bonchev–Trinajstić information content (AvgIpc) is 3.26. The van der Waals surface area contributed by atoms with Crippen molar-refractivity contribution in [1.82, 2.24) is 5.43 Å². The summed E-state index contributed by atoms with van der Waals surface area (Å²) in [5.74, 6) is 0.384. The number of aryl methyl sites for hydroxylation is 1. The largest absolute Gasteiger partial charge is 0.455 e. The number of nitrogens with zero attached hydrogens (tertiary/aromatic N) is 1. The monoisotopic (exact) mass is 541 g/mol. The lowest BCUT2D eigenvalue weighted by atomic mass is 9.93. The van der Waals surface area contributed by atoms with Gasteiger partial charge in [0.05, 0.1) is 5.71 Å². The maximum Gasteiger partial charge on any atom is 0.291 e. The number of fused-ring (bicyclic) bond motifs is 1. The smallest absolute Gasteiger partial charge is 0.291 e. The van der Waals surface area contributed by atoms with Crippen molar-refractivity contribution in [3.63, 3.8) is 0 Å². The summed E-state index contributed by atoms with van der Waals surface area (Å²) in [6, 6.07) is 24.8. The Hall–Kier alpha value is -3.97. The summed E-state index contributed by atoms with van der Waals surface area (Å²) in [5, 5.41) is 7.30. The molecule has 0 saturated heterocycles. The summed E-state index contributed by atoms with van der Waals surface area (Å²) in [5.41, 5.74) is 8.26. The molecule has 1 aliphatic rings. The number of anilines is 1. The summed E-state index contributed by atoms with van der Waals surface area (Å²) in [6.45, 7) is 1.85. The number of hydrogen-bond acceptors (Lipinski definition) is 4. The minimum absolute atomic E-state index is 0.264. The van der Waals surface area contributed by atoms with Crippen LogP contribution in [0.15, 0.2) is 92.9 Å². The highest BCUT2D eigenvalue weighted by Gasteiger charge is 2.28. The van der Waals surface area contributed by atoms with Crippen LogP contribution in [0.3, 0.4) is 0 Å². The molecule has 2 N–H and O–H groups in total. The Morgan fingerprint density at radius 3 is 2.28 bits per heavy atom. The number of halogens is 1. The number of carbonyl (C=O) groups excluding carboxylic acids is 2. The van der Waals surface area contributed by atoms with Crippen LogP contribution in [0.1, 0.15) is 50.6 Å². The molecule has 0 bridgehead atoms. The van der Waals surface area contributed by atoms with E-state index >= 15 is 0 Å². The first kappa shape index (κ1) is 23.8. The minimum atomic E-state index is -0.314. The summed E-state index contributed by atoms with van der Waals surface area (Å²) >= 11 is 3.39. The molecule has 180 valence electrons. The predicted octanol–water partition coefficient (Wildman–Crippen LogP) is 6.74. The van der Waals surface area contributed by atoms with Crippen molar-refractivity contribution >= 4 is 39.1 Å². The molecule has 5 rings (SSSR count). The zero-order valence-electron chi connectivity index (χ0n) is 19.7. The zero-order valence-corrected chi connectivity index (χ0v) is 21.3. The summed E-state index contributed by atoms with van der Waals surface area (Å²) in [6.07, 6.45) is 2.23. The molecule has 0 spiro atoms. The van der Waals surface area contributed by atoms with E-state index in [1.165, 1.54) is 0 Å². The highest BCUT2D eigenvalue weighted by molar-refractivity contribution is 9.10. The van der Waals surface area contributed by atoms with E-state index in [1.807, 2.05) is 73.7 Å². The molecule has 2 amide bonds. The Bertz CT molecular complexity index is 1440. The summed E-state index contributed by atoms with van der Waals surface area (Å²) in [4.78, 5) is 25.7. The van der Waals surface area contributed by atoms with Gasteiger partial charge in [-0.2, -0.15) is 5.10 Å². The molecule has 1 aromatic heterocycles. The standard InChI is InChI=1S/C29H24BrN3O3/c1-18-26-24(32-33-28(34)21-12-10-20(11-13-21)19-6-3-2-4-7-19)8-5-9-25(26)36-27(18)29(35)31-23-16-14-22(30)15-17-23/h2-4,6-7,10-17H,5,8-9H2,1H3,(H,31,35)(H,33,34)/b32-24+. The molecule has 0 unspecified atom stereocenters. The van der Waals surface area contributed by atoms with Gasteiger partial charge < -0.3 is 9.73 Å². The van der Waals surface area contributed by atoms with Crippen molar-refractivity contribution < 1.29 is 14.0 Å². The van der Waals surface area contributed by atoms with Gasteiger partial charge in [0.25, 0.3) is 11.8 Å². The van der Waals surface area contributed by atoms with Gasteiger partial charge in [-0.25, -0.2) is 5.43 Å². The molecule has 3 aromatic carbocycles. The Morgan fingerprint density at radius 2 is 1.56 bits per heavy atom. The Balaban J connectivity index is 1.32. The fourth-order valence-electron chi connectivity index (χ4n) is 4.35. The van der Waals surface area contributed by atoms with Crippen LogP contribution in [0, 0.1) is 6.92 Å². The van der Waals surface area contributed by atoms with Crippen molar-refractivity contribution in [3.8, 4) is 11.1 Å². The zero-order chi connectivity index (χ0) is 25.1. The molecule has 0 fully saturated rings. The quantitative estimate of drug-likeness (QED) is 0.274. The fourth-order valence-corrected chi connectivity index (χ4v) is 4.61. The SMILES string of the molecule is Cc1c(C(=O)Nc2ccc(Br)cc2)oc2c1/C(=N/NC(=O)c1ccc(-c3ccccc3)cc1)CCC2. The third kappa shape index (κ3) is 5.02. The number of benzene rings is 3. The second-order valence-electron chi connectivity index (χ2n) is 8.61. The number of carbonyl (C=O) groups is 2. The van der Waals surface area contributed by atoms with Crippen molar-refractivity contribution in [1.29, 1.82) is 0 Å². The van der Waals surface area contributed by atoms with Gasteiger partial charge in [0.2, 0.25) is 0 Å². The van der Waals surface area contributed by atoms with Crippen LogP contribution in [0.25, 0.3) is 11.1 Å². The van der Waals surface area contributed by atoms with Gasteiger partial charge in [0, 0.05) is 33.3 Å². The minimum Gasteiger partial charge on any atom is -0.455 e. The van der Waals surface area contributed by atoms with E-state index < -0.39 is 0 Å². The summed E-state index contributed by atoms with van der Waals surface area (Å²) < 4.78 is 6.89. The van der Waals surface area contributed by atoms with E-state index in [0.29, 0.717) is 17.7 Å². The number of amides is 2.